The summed E-state index contributed by atoms with van der Waals surface area (Å²) in [7, 11) is 0. The molecule has 1 aromatic heterocycles. The van der Waals surface area contributed by atoms with E-state index in [1.165, 1.54) is 41.3 Å². The highest BCUT2D eigenvalue weighted by Gasteiger charge is 2.31. The van der Waals surface area contributed by atoms with Gasteiger partial charge in [0.05, 0.1) is 12.3 Å². The van der Waals surface area contributed by atoms with E-state index < -0.39 is 0 Å². The van der Waals surface area contributed by atoms with E-state index in [2.05, 4.69) is 57.2 Å². The summed E-state index contributed by atoms with van der Waals surface area (Å²) in [5.41, 5.74) is 3.86. The Kier molecular flexibility index (Phi) is 5.10. The molecule has 2 aliphatic rings. The van der Waals surface area contributed by atoms with Gasteiger partial charge in [-0.3, -0.25) is 4.79 Å². The average Bonchev–Trinajstić information content (AvgIpc) is 3.54. The molecule has 2 aromatic carbocycles. The second-order valence-corrected chi connectivity index (χ2v) is 8.75. The lowest BCUT2D eigenvalue weighted by Gasteiger charge is -2.28. The van der Waals surface area contributed by atoms with E-state index in [1.54, 1.807) is 0 Å². The summed E-state index contributed by atoms with van der Waals surface area (Å²) in [5.74, 6) is 2.16. The Hall–Kier alpha value is -2.60. The Morgan fingerprint density at radius 3 is 2.55 bits per heavy atom. The van der Waals surface area contributed by atoms with Gasteiger partial charge in [0.25, 0.3) is 0 Å². The van der Waals surface area contributed by atoms with Crippen LogP contribution in [0.15, 0.2) is 59.8 Å². The molecule has 1 aliphatic carbocycles. The van der Waals surface area contributed by atoms with Crippen LogP contribution in [0.2, 0.25) is 0 Å². The van der Waals surface area contributed by atoms with Crippen LogP contribution in [-0.4, -0.2) is 37.9 Å². The summed E-state index contributed by atoms with van der Waals surface area (Å²) >= 11 is 1.51. The van der Waals surface area contributed by atoms with Crippen molar-refractivity contribution < 1.29 is 4.79 Å². The summed E-state index contributed by atoms with van der Waals surface area (Å²) in [4.78, 5) is 14.8. The van der Waals surface area contributed by atoms with Gasteiger partial charge in [-0.15, -0.1) is 10.2 Å². The van der Waals surface area contributed by atoms with Crippen LogP contribution in [0.1, 0.15) is 41.3 Å². The zero-order valence-corrected chi connectivity index (χ0v) is 17.1. The highest BCUT2D eigenvalue weighted by Crippen LogP contribution is 2.40. The van der Waals surface area contributed by atoms with E-state index in [-0.39, 0.29) is 5.91 Å². The van der Waals surface area contributed by atoms with Crippen molar-refractivity contribution in [3.63, 3.8) is 0 Å². The summed E-state index contributed by atoms with van der Waals surface area (Å²) < 4.78 is 2.20. The molecule has 1 amide bonds. The molecule has 3 aromatic rings. The maximum absolute atomic E-state index is 12.9. The SMILES string of the molecule is O=C(CSc1nnc(C2CC2)n1Cc1ccccc1)N1CCc2ccccc2C1. The molecule has 0 atom stereocenters. The lowest BCUT2D eigenvalue weighted by Crippen LogP contribution is -2.37. The molecule has 1 aliphatic heterocycles. The highest BCUT2D eigenvalue weighted by molar-refractivity contribution is 7.99. The molecule has 1 fully saturated rings. The molecule has 0 bridgehead atoms. The molecule has 2 heterocycles. The number of benzene rings is 2. The molecule has 29 heavy (non-hydrogen) atoms. The fourth-order valence-electron chi connectivity index (χ4n) is 3.89. The largest absolute Gasteiger partial charge is 0.337 e. The summed E-state index contributed by atoms with van der Waals surface area (Å²) in [6.45, 7) is 2.26. The van der Waals surface area contributed by atoms with Gasteiger partial charge in [-0.05, 0) is 36.0 Å². The summed E-state index contributed by atoms with van der Waals surface area (Å²) in [5, 5.41) is 9.74. The molecule has 148 valence electrons. The molecule has 0 spiro atoms. The van der Waals surface area contributed by atoms with Gasteiger partial charge in [0, 0.05) is 19.0 Å². The Balaban J connectivity index is 1.28. The molecule has 5 rings (SSSR count). The van der Waals surface area contributed by atoms with Crippen molar-refractivity contribution >= 4 is 17.7 Å². The van der Waals surface area contributed by atoms with Crippen LogP contribution in [-0.2, 0) is 24.3 Å². The average molecular weight is 405 g/mol. The number of carbonyl (C=O) groups excluding carboxylic acids is 1. The van der Waals surface area contributed by atoms with Crippen LogP contribution in [0.25, 0.3) is 0 Å². The van der Waals surface area contributed by atoms with Crippen molar-refractivity contribution in [1.29, 1.82) is 0 Å². The van der Waals surface area contributed by atoms with E-state index in [0.717, 1.165) is 30.5 Å². The normalized spacial score (nSPS) is 15.9. The minimum absolute atomic E-state index is 0.173. The topological polar surface area (TPSA) is 51.0 Å². The third-order valence-corrected chi connectivity index (χ3v) is 6.63. The number of carbonyl (C=O) groups is 1. The maximum atomic E-state index is 12.9. The van der Waals surface area contributed by atoms with E-state index >= 15 is 0 Å². The molecular formula is C23H24N4OS. The molecular weight excluding hydrogens is 380 g/mol. The summed E-state index contributed by atoms with van der Waals surface area (Å²) in [6, 6.07) is 18.8. The number of amides is 1. The van der Waals surface area contributed by atoms with Crippen molar-refractivity contribution in [3.8, 4) is 0 Å². The monoisotopic (exact) mass is 404 g/mol. The van der Waals surface area contributed by atoms with E-state index in [9.17, 15) is 4.79 Å². The van der Waals surface area contributed by atoms with Crippen LogP contribution in [0.3, 0.4) is 0 Å². The second kappa shape index (κ2) is 8.03. The highest BCUT2D eigenvalue weighted by atomic mass is 32.2. The van der Waals surface area contributed by atoms with Gasteiger partial charge in [0.1, 0.15) is 5.82 Å². The number of hydrogen-bond acceptors (Lipinski definition) is 4. The molecule has 1 saturated carbocycles. The first-order valence-electron chi connectivity index (χ1n) is 10.2. The number of fused-ring (bicyclic) bond motifs is 1. The number of nitrogens with zero attached hydrogens (tertiary/aromatic N) is 4. The molecule has 5 nitrogen and oxygen atoms in total. The van der Waals surface area contributed by atoms with Gasteiger partial charge in [0.15, 0.2) is 5.16 Å². The van der Waals surface area contributed by atoms with Crippen LogP contribution < -0.4 is 0 Å². The first-order valence-corrected chi connectivity index (χ1v) is 11.2. The van der Waals surface area contributed by atoms with Crippen molar-refractivity contribution in [2.24, 2.45) is 0 Å². The number of thioether (sulfide) groups is 1. The van der Waals surface area contributed by atoms with Crippen LogP contribution in [0.5, 0.6) is 0 Å². The standard InChI is InChI=1S/C23H24N4OS/c28-21(26-13-12-18-8-4-5-9-20(18)15-26)16-29-23-25-24-22(19-10-11-19)27(23)14-17-6-2-1-3-7-17/h1-9,19H,10-16H2. The Bertz CT molecular complexity index is 1010. The Morgan fingerprint density at radius 2 is 1.76 bits per heavy atom. The number of rotatable bonds is 6. The van der Waals surface area contributed by atoms with Crippen LogP contribution >= 0.6 is 11.8 Å². The number of aromatic nitrogens is 3. The first kappa shape index (κ1) is 18.4. The first-order chi connectivity index (χ1) is 14.3. The van der Waals surface area contributed by atoms with E-state index in [4.69, 9.17) is 0 Å². The zero-order valence-electron chi connectivity index (χ0n) is 16.3. The van der Waals surface area contributed by atoms with Gasteiger partial charge < -0.3 is 9.47 Å². The van der Waals surface area contributed by atoms with Gasteiger partial charge >= 0.3 is 0 Å². The molecule has 0 saturated heterocycles. The zero-order chi connectivity index (χ0) is 19.6. The third-order valence-electron chi connectivity index (χ3n) is 5.68. The minimum Gasteiger partial charge on any atom is -0.337 e. The number of hydrogen-bond donors (Lipinski definition) is 0. The van der Waals surface area contributed by atoms with Gasteiger partial charge in [0.2, 0.25) is 5.91 Å². The Morgan fingerprint density at radius 1 is 1.00 bits per heavy atom. The lowest BCUT2D eigenvalue weighted by atomic mass is 10.00. The minimum atomic E-state index is 0.173. The molecule has 0 radical (unpaired) electrons. The van der Waals surface area contributed by atoms with E-state index in [0.29, 0.717) is 18.2 Å². The predicted octanol–water partition coefficient (Wildman–Crippen LogP) is 3.88. The van der Waals surface area contributed by atoms with Crippen LogP contribution in [0.4, 0.5) is 0 Å². The molecule has 0 unspecified atom stereocenters. The quantitative estimate of drug-likeness (QED) is 0.585. The maximum Gasteiger partial charge on any atom is 0.233 e. The summed E-state index contributed by atoms with van der Waals surface area (Å²) in [6.07, 6.45) is 3.30. The van der Waals surface area contributed by atoms with Gasteiger partial charge in [-0.25, -0.2) is 0 Å². The van der Waals surface area contributed by atoms with Gasteiger partial charge in [-0.2, -0.15) is 0 Å². The van der Waals surface area contributed by atoms with Gasteiger partial charge in [-0.1, -0.05) is 66.4 Å². The fraction of sp³-hybridized carbons (Fsp3) is 0.348. The van der Waals surface area contributed by atoms with Crippen molar-refractivity contribution in [3.05, 3.63) is 77.1 Å². The lowest BCUT2D eigenvalue weighted by molar-refractivity contribution is -0.129. The van der Waals surface area contributed by atoms with Crippen molar-refractivity contribution in [2.45, 2.75) is 43.4 Å². The van der Waals surface area contributed by atoms with Crippen molar-refractivity contribution in [2.75, 3.05) is 12.3 Å². The smallest absolute Gasteiger partial charge is 0.233 e. The second-order valence-electron chi connectivity index (χ2n) is 7.81. The molecule has 0 N–H and O–H groups in total. The molecule has 6 heteroatoms. The third kappa shape index (κ3) is 4.08. The van der Waals surface area contributed by atoms with Crippen molar-refractivity contribution in [1.82, 2.24) is 19.7 Å². The predicted molar refractivity (Wildman–Crippen MR) is 114 cm³/mol. The van der Waals surface area contributed by atoms with E-state index in [1.807, 2.05) is 17.0 Å². The Labute approximate surface area is 175 Å². The van der Waals surface area contributed by atoms with Crippen LogP contribution in [0, 0.1) is 0 Å². The fourth-order valence-corrected chi connectivity index (χ4v) is 4.74.